The molecule has 0 radical (unpaired) electrons. The van der Waals surface area contributed by atoms with E-state index in [0.29, 0.717) is 0 Å². The van der Waals surface area contributed by atoms with E-state index in [1.807, 2.05) is 40.7 Å². The Morgan fingerprint density at radius 1 is 1.12 bits per heavy atom. The van der Waals surface area contributed by atoms with Crippen LogP contribution in [0.1, 0.15) is 61.3 Å². The fourth-order valence-corrected chi connectivity index (χ4v) is 5.00. The van der Waals surface area contributed by atoms with Crippen molar-refractivity contribution in [3.63, 3.8) is 0 Å². The summed E-state index contributed by atoms with van der Waals surface area (Å²) in [5.41, 5.74) is 10.4. The molecule has 5 nitrogen and oxygen atoms in total. The standard InChI is InChI=1S/C28H39N3O2/c1-18-15-25(19(2)20(3)26(18)29)33-28(4,5)27(32)30-23-11-13-31(14-12-23)17-22-16-24(22)21-9-7-6-8-10-21/h6-10,15,22-24H,11-14,16-17,29H2,1-5H3,(H,30,32). The molecule has 0 aromatic heterocycles. The number of aryl methyl sites for hydroxylation is 1. The van der Waals surface area contributed by atoms with E-state index < -0.39 is 5.60 Å². The van der Waals surface area contributed by atoms with E-state index in [4.69, 9.17) is 10.5 Å². The zero-order chi connectivity index (χ0) is 23.8. The number of piperidine rings is 1. The lowest BCUT2D eigenvalue weighted by Gasteiger charge is -2.35. The van der Waals surface area contributed by atoms with Crippen LogP contribution in [-0.2, 0) is 4.79 Å². The lowest BCUT2D eigenvalue weighted by molar-refractivity contribution is -0.135. The van der Waals surface area contributed by atoms with Crippen molar-refractivity contribution < 1.29 is 9.53 Å². The van der Waals surface area contributed by atoms with Crippen LogP contribution in [0.25, 0.3) is 0 Å². The lowest BCUT2D eigenvalue weighted by atomic mass is 10.0. The fraction of sp³-hybridized carbons (Fsp3) is 0.536. The summed E-state index contributed by atoms with van der Waals surface area (Å²) in [5.74, 6) is 2.18. The number of nitrogens with zero attached hydrogens (tertiary/aromatic N) is 1. The van der Waals surface area contributed by atoms with Crippen LogP contribution in [0, 0.1) is 26.7 Å². The highest BCUT2D eigenvalue weighted by Crippen LogP contribution is 2.47. The van der Waals surface area contributed by atoms with Crippen molar-refractivity contribution in [1.82, 2.24) is 10.2 Å². The molecule has 1 saturated carbocycles. The Labute approximate surface area is 198 Å². The topological polar surface area (TPSA) is 67.6 Å². The minimum atomic E-state index is -0.951. The predicted molar refractivity (Wildman–Crippen MR) is 135 cm³/mol. The Kier molecular flexibility index (Phi) is 6.71. The van der Waals surface area contributed by atoms with Crippen LogP contribution in [0.2, 0.25) is 0 Å². The summed E-state index contributed by atoms with van der Waals surface area (Å²) in [5, 5.41) is 3.25. The van der Waals surface area contributed by atoms with Gasteiger partial charge in [-0.15, -0.1) is 0 Å². The second kappa shape index (κ2) is 9.38. The summed E-state index contributed by atoms with van der Waals surface area (Å²) in [6.45, 7) is 12.9. The smallest absolute Gasteiger partial charge is 0.263 e. The number of carbonyl (C=O) groups is 1. The second-order valence-corrected chi connectivity index (χ2v) is 10.5. The predicted octanol–water partition coefficient (Wildman–Crippen LogP) is 4.74. The first-order valence-electron chi connectivity index (χ1n) is 12.3. The molecule has 1 heterocycles. The summed E-state index contributed by atoms with van der Waals surface area (Å²) in [6.07, 6.45) is 3.28. The number of amides is 1. The number of rotatable bonds is 7. The number of nitrogens with two attached hydrogens (primary N) is 1. The third-order valence-corrected chi connectivity index (χ3v) is 7.59. The Bertz CT molecular complexity index is 994. The number of ether oxygens (including phenoxy) is 1. The number of likely N-dealkylation sites (tertiary alicyclic amines) is 1. The summed E-state index contributed by atoms with van der Waals surface area (Å²) in [6, 6.07) is 13.0. The molecule has 5 heteroatoms. The molecule has 33 heavy (non-hydrogen) atoms. The normalized spacial score (nSPS) is 21.6. The van der Waals surface area contributed by atoms with Gasteiger partial charge in [-0.3, -0.25) is 4.79 Å². The van der Waals surface area contributed by atoms with Crippen molar-refractivity contribution in [2.24, 2.45) is 5.92 Å². The molecule has 2 aromatic rings. The minimum Gasteiger partial charge on any atom is -0.478 e. The summed E-state index contributed by atoms with van der Waals surface area (Å²) >= 11 is 0. The van der Waals surface area contributed by atoms with Crippen LogP contribution in [0.3, 0.4) is 0 Å². The molecule has 1 aliphatic carbocycles. The van der Waals surface area contributed by atoms with Crippen LogP contribution < -0.4 is 15.8 Å². The summed E-state index contributed by atoms with van der Waals surface area (Å²) < 4.78 is 6.21. The number of benzene rings is 2. The van der Waals surface area contributed by atoms with Gasteiger partial charge in [-0.05, 0) is 94.0 Å². The first kappa shape index (κ1) is 23.6. The average Bonchev–Trinajstić information content (AvgIpc) is 3.57. The van der Waals surface area contributed by atoms with E-state index in [0.717, 1.165) is 65.9 Å². The molecular formula is C28H39N3O2. The van der Waals surface area contributed by atoms with Gasteiger partial charge < -0.3 is 20.7 Å². The van der Waals surface area contributed by atoms with Crippen molar-refractivity contribution in [1.29, 1.82) is 0 Å². The highest BCUT2D eigenvalue weighted by atomic mass is 16.5. The zero-order valence-corrected chi connectivity index (χ0v) is 20.8. The van der Waals surface area contributed by atoms with E-state index in [9.17, 15) is 4.79 Å². The number of anilines is 1. The van der Waals surface area contributed by atoms with Gasteiger partial charge in [-0.1, -0.05) is 30.3 Å². The first-order chi connectivity index (χ1) is 15.7. The first-order valence-corrected chi connectivity index (χ1v) is 12.3. The van der Waals surface area contributed by atoms with Crippen LogP contribution in [0.4, 0.5) is 5.69 Å². The van der Waals surface area contributed by atoms with E-state index in [-0.39, 0.29) is 11.9 Å². The van der Waals surface area contributed by atoms with Crippen LogP contribution >= 0.6 is 0 Å². The van der Waals surface area contributed by atoms with E-state index in [1.165, 1.54) is 18.5 Å². The number of hydrogen-bond acceptors (Lipinski definition) is 4. The van der Waals surface area contributed by atoms with Gasteiger partial charge in [0.1, 0.15) is 5.75 Å². The lowest BCUT2D eigenvalue weighted by Crippen LogP contribution is -2.53. The number of nitrogen functional groups attached to an aromatic ring is 1. The monoisotopic (exact) mass is 449 g/mol. The van der Waals surface area contributed by atoms with Gasteiger partial charge in [0.05, 0.1) is 0 Å². The minimum absolute atomic E-state index is 0.0567. The van der Waals surface area contributed by atoms with Crippen molar-refractivity contribution in [2.45, 2.75) is 71.4 Å². The van der Waals surface area contributed by atoms with Crippen molar-refractivity contribution in [3.05, 3.63) is 58.7 Å². The van der Waals surface area contributed by atoms with Gasteiger partial charge in [0.2, 0.25) is 0 Å². The molecule has 0 spiro atoms. The van der Waals surface area contributed by atoms with Crippen LogP contribution in [0.15, 0.2) is 36.4 Å². The second-order valence-electron chi connectivity index (χ2n) is 10.5. The SMILES string of the molecule is Cc1cc(OC(C)(C)C(=O)NC2CCN(CC3CC3c3ccccc3)CC2)c(C)c(C)c1N. The van der Waals surface area contributed by atoms with Gasteiger partial charge in [-0.25, -0.2) is 0 Å². The maximum absolute atomic E-state index is 13.1. The molecule has 2 unspecified atom stereocenters. The third-order valence-electron chi connectivity index (χ3n) is 7.59. The molecule has 2 fully saturated rings. The van der Waals surface area contributed by atoms with Crippen LogP contribution in [0.5, 0.6) is 5.75 Å². The van der Waals surface area contributed by atoms with E-state index in [2.05, 4.69) is 40.5 Å². The molecule has 4 rings (SSSR count). The highest BCUT2D eigenvalue weighted by Gasteiger charge is 2.40. The third kappa shape index (κ3) is 5.35. The molecule has 2 aromatic carbocycles. The summed E-state index contributed by atoms with van der Waals surface area (Å²) in [4.78, 5) is 15.7. The molecule has 3 N–H and O–H groups in total. The van der Waals surface area contributed by atoms with Crippen LogP contribution in [-0.4, -0.2) is 42.1 Å². The van der Waals surface area contributed by atoms with Crippen molar-refractivity contribution in [3.8, 4) is 5.75 Å². The maximum atomic E-state index is 13.1. The molecule has 1 aliphatic heterocycles. The molecular weight excluding hydrogens is 410 g/mol. The number of hydrogen-bond donors (Lipinski definition) is 2. The van der Waals surface area contributed by atoms with Crippen molar-refractivity contribution in [2.75, 3.05) is 25.4 Å². The Balaban J connectivity index is 1.26. The van der Waals surface area contributed by atoms with E-state index >= 15 is 0 Å². The van der Waals surface area contributed by atoms with Gasteiger partial charge in [0.25, 0.3) is 5.91 Å². The maximum Gasteiger partial charge on any atom is 0.263 e. The number of nitrogens with one attached hydrogen (secondary N) is 1. The Morgan fingerprint density at radius 2 is 1.79 bits per heavy atom. The molecule has 2 aliphatic rings. The van der Waals surface area contributed by atoms with Gasteiger partial charge in [0, 0.05) is 31.4 Å². The largest absolute Gasteiger partial charge is 0.478 e. The van der Waals surface area contributed by atoms with Gasteiger partial charge in [-0.2, -0.15) is 0 Å². The molecule has 178 valence electrons. The highest BCUT2D eigenvalue weighted by molar-refractivity contribution is 5.85. The zero-order valence-electron chi connectivity index (χ0n) is 20.8. The molecule has 1 saturated heterocycles. The van der Waals surface area contributed by atoms with Gasteiger partial charge >= 0.3 is 0 Å². The molecule has 1 amide bonds. The van der Waals surface area contributed by atoms with E-state index in [1.54, 1.807) is 0 Å². The Hall–Kier alpha value is -2.53. The molecule has 0 bridgehead atoms. The summed E-state index contributed by atoms with van der Waals surface area (Å²) in [7, 11) is 0. The fourth-order valence-electron chi connectivity index (χ4n) is 5.00. The molecule has 2 atom stereocenters. The van der Waals surface area contributed by atoms with Crippen molar-refractivity contribution >= 4 is 11.6 Å². The quantitative estimate of drug-likeness (QED) is 0.600. The average molecular weight is 450 g/mol. The Morgan fingerprint density at radius 3 is 2.45 bits per heavy atom. The van der Waals surface area contributed by atoms with Gasteiger partial charge in [0.15, 0.2) is 5.60 Å². The number of carbonyl (C=O) groups excluding carboxylic acids is 1.